The standard InChI is InChI=1S/C37H38F2N10O5/c1-44-33(50)15-31(48(36(44)53)19-25-13-27(38)9-7-23(25)17-40)46-11-3-5-29(21-46)42-35(52)43-30-6-4-12-47(22-30)32-16-34(51)45(2)37(54)49(32)20-26-14-28(39)10-8-24(26)18-41/h7-10,13-16,29-30H,3-6,11-12,19-22H2,1-2H3,(H2,42,43,52). The SMILES string of the molecule is Cn1c(=O)cc(N2CCCC(NC(=O)NC3CCCN(c4cc(=O)n(C)c(=O)n4Cc4cc(F)ccc4C#N)C3)C2)n(Cc2cc(F)ccc2C#N)c1=O. The van der Waals surface area contributed by atoms with Gasteiger partial charge in [0, 0.05) is 64.5 Å². The van der Waals surface area contributed by atoms with Crippen LogP contribution >= 0.6 is 0 Å². The molecule has 4 aromatic rings. The number of anilines is 2. The average Bonchev–Trinajstić information content (AvgIpc) is 3.15. The monoisotopic (exact) mass is 740 g/mol. The minimum atomic E-state index is -0.636. The van der Waals surface area contributed by atoms with Crippen LogP contribution in [-0.2, 0) is 27.2 Å². The first-order valence-corrected chi connectivity index (χ1v) is 17.4. The summed E-state index contributed by atoms with van der Waals surface area (Å²) in [6.07, 6.45) is 2.47. The van der Waals surface area contributed by atoms with Crippen LogP contribution in [0.15, 0.2) is 67.7 Å². The first-order valence-electron chi connectivity index (χ1n) is 17.4. The summed E-state index contributed by atoms with van der Waals surface area (Å²) in [5.41, 5.74) is -1.41. The molecule has 2 unspecified atom stereocenters. The van der Waals surface area contributed by atoms with E-state index in [2.05, 4.69) is 10.6 Å². The molecule has 2 atom stereocenters. The van der Waals surface area contributed by atoms with Crippen molar-refractivity contribution in [3.63, 3.8) is 0 Å². The molecule has 15 nitrogen and oxygen atoms in total. The van der Waals surface area contributed by atoms with Gasteiger partial charge in [0.15, 0.2) is 0 Å². The van der Waals surface area contributed by atoms with E-state index in [1.165, 1.54) is 59.6 Å². The van der Waals surface area contributed by atoms with Crippen molar-refractivity contribution < 1.29 is 13.6 Å². The average molecular weight is 741 g/mol. The largest absolute Gasteiger partial charge is 0.356 e. The number of nitrogens with one attached hydrogen (secondary N) is 2. The second-order valence-corrected chi connectivity index (χ2v) is 13.6. The van der Waals surface area contributed by atoms with Crippen LogP contribution in [0.2, 0.25) is 0 Å². The minimum absolute atomic E-state index is 0.154. The van der Waals surface area contributed by atoms with Crippen molar-refractivity contribution in [2.75, 3.05) is 36.0 Å². The van der Waals surface area contributed by atoms with Crippen molar-refractivity contribution in [3.05, 3.63) is 124 Å². The Hall–Kier alpha value is -6.49. The maximum absolute atomic E-state index is 14.2. The van der Waals surface area contributed by atoms with Gasteiger partial charge < -0.3 is 20.4 Å². The molecule has 17 heteroatoms. The van der Waals surface area contributed by atoms with Gasteiger partial charge in [0.2, 0.25) is 0 Å². The van der Waals surface area contributed by atoms with Crippen molar-refractivity contribution in [2.45, 2.75) is 50.9 Å². The van der Waals surface area contributed by atoms with Crippen LogP contribution in [0, 0.1) is 34.3 Å². The molecule has 0 spiro atoms. The Balaban J connectivity index is 1.17. The molecule has 4 heterocycles. The predicted molar refractivity (Wildman–Crippen MR) is 194 cm³/mol. The number of benzene rings is 2. The Morgan fingerprint density at radius 1 is 0.704 bits per heavy atom. The lowest BCUT2D eigenvalue weighted by molar-refractivity contribution is 0.229. The summed E-state index contributed by atoms with van der Waals surface area (Å²) >= 11 is 0. The molecule has 2 aliphatic heterocycles. The second kappa shape index (κ2) is 15.6. The molecule has 2 amide bonds. The molecule has 2 fully saturated rings. The van der Waals surface area contributed by atoms with E-state index in [9.17, 15) is 43.3 Å². The van der Waals surface area contributed by atoms with Gasteiger partial charge in [-0.05, 0) is 73.2 Å². The van der Waals surface area contributed by atoms with E-state index in [0.717, 1.165) is 21.3 Å². The number of carbonyl (C=O) groups excluding carboxylic acids is 1. The third-order valence-corrected chi connectivity index (χ3v) is 9.95. The van der Waals surface area contributed by atoms with E-state index in [-0.39, 0.29) is 72.2 Å². The number of aromatic nitrogens is 4. The topological polar surface area (TPSA) is 183 Å². The van der Waals surface area contributed by atoms with Gasteiger partial charge in [0.05, 0.1) is 36.4 Å². The number of halogens is 2. The van der Waals surface area contributed by atoms with Crippen molar-refractivity contribution >= 4 is 17.7 Å². The summed E-state index contributed by atoms with van der Waals surface area (Å²) in [4.78, 5) is 69.2. The molecule has 0 radical (unpaired) electrons. The fourth-order valence-electron chi connectivity index (χ4n) is 7.10. The molecule has 0 saturated carbocycles. The summed E-state index contributed by atoms with van der Waals surface area (Å²) in [7, 11) is 2.68. The minimum Gasteiger partial charge on any atom is -0.356 e. The summed E-state index contributed by atoms with van der Waals surface area (Å²) in [5.74, 6) is -0.575. The van der Waals surface area contributed by atoms with Gasteiger partial charge in [0.1, 0.15) is 23.3 Å². The molecule has 54 heavy (non-hydrogen) atoms. The maximum atomic E-state index is 14.2. The number of piperidine rings is 2. The van der Waals surface area contributed by atoms with E-state index in [1.54, 1.807) is 0 Å². The molecular weight excluding hydrogens is 702 g/mol. The Bertz CT molecular complexity index is 2270. The highest BCUT2D eigenvalue weighted by Crippen LogP contribution is 2.23. The summed E-state index contributed by atoms with van der Waals surface area (Å²) in [6.45, 7) is 1.16. The molecular formula is C37H38F2N10O5. The zero-order chi connectivity index (χ0) is 38.7. The van der Waals surface area contributed by atoms with Gasteiger partial charge in [-0.2, -0.15) is 10.5 Å². The third-order valence-electron chi connectivity index (χ3n) is 9.95. The van der Waals surface area contributed by atoms with E-state index >= 15 is 0 Å². The number of amides is 2. The fourth-order valence-corrected chi connectivity index (χ4v) is 7.10. The van der Waals surface area contributed by atoms with E-state index in [0.29, 0.717) is 38.8 Å². The van der Waals surface area contributed by atoms with Crippen LogP contribution in [0.25, 0.3) is 0 Å². The Labute approximate surface area is 307 Å². The molecule has 0 bridgehead atoms. The van der Waals surface area contributed by atoms with Crippen LogP contribution < -0.4 is 42.9 Å². The second-order valence-electron chi connectivity index (χ2n) is 13.6. The number of nitrogens with zero attached hydrogens (tertiary/aromatic N) is 8. The lowest BCUT2D eigenvalue weighted by Gasteiger charge is -2.37. The van der Waals surface area contributed by atoms with Crippen LogP contribution in [0.4, 0.5) is 25.2 Å². The first kappa shape index (κ1) is 37.3. The molecule has 6 rings (SSSR count). The van der Waals surface area contributed by atoms with Gasteiger partial charge in [0.25, 0.3) is 11.1 Å². The fraction of sp³-hybridized carbons (Fsp3) is 0.378. The number of rotatable bonds is 8. The van der Waals surface area contributed by atoms with Crippen LogP contribution in [0.1, 0.15) is 47.9 Å². The highest BCUT2D eigenvalue weighted by molar-refractivity contribution is 5.75. The molecule has 2 N–H and O–H groups in total. The normalized spacial score (nSPS) is 17.1. The zero-order valence-corrected chi connectivity index (χ0v) is 29.7. The highest BCUT2D eigenvalue weighted by atomic mass is 19.1. The van der Waals surface area contributed by atoms with Gasteiger partial charge in [-0.25, -0.2) is 23.2 Å². The van der Waals surface area contributed by atoms with E-state index < -0.39 is 40.2 Å². The molecule has 2 aromatic carbocycles. The molecule has 2 saturated heterocycles. The van der Waals surface area contributed by atoms with Crippen molar-refractivity contribution in [3.8, 4) is 12.1 Å². The number of hydrogen-bond donors (Lipinski definition) is 2. The molecule has 280 valence electrons. The summed E-state index contributed by atoms with van der Waals surface area (Å²) in [6, 6.07) is 12.8. The number of carbonyl (C=O) groups is 1. The van der Waals surface area contributed by atoms with Crippen LogP contribution in [0.5, 0.6) is 0 Å². The number of hydrogen-bond acceptors (Lipinski definition) is 9. The molecule has 2 aliphatic rings. The zero-order valence-electron chi connectivity index (χ0n) is 29.7. The summed E-state index contributed by atoms with van der Waals surface area (Å²) < 4.78 is 32.8. The van der Waals surface area contributed by atoms with Crippen LogP contribution in [-0.4, -0.2) is 62.6 Å². The molecule has 0 aliphatic carbocycles. The van der Waals surface area contributed by atoms with E-state index in [1.807, 2.05) is 21.9 Å². The van der Waals surface area contributed by atoms with E-state index in [4.69, 9.17) is 0 Å². The Morgan fingerprint density at radius 3 is 1.50 bits per heavy atom. The van der Waals surface area contributed by atoms with Gasteiger partial charge in [-0.3, -0.25) is 27.9 Å². The lowest BCUT2D eigenvalue weighted by atomic mass is 10.0. The Kier molecular flexibility index (Phi) is 10.8. The first-order chi connectivity index (χ1) is 25.9. The lowest BCUT2D eigenvalue weighted by Crippen LogP contribution is -2.56. The van der Waals surface area contributed by atoms with Gasteiger partial charge >= 0.3 is 17.4 Å². The quantitative estimate of drug-likeness (QED) is 0.270. The van der Waals surface area contributed by atoms with Crippen molar-refractivity contribution in [1.29, 1.82) is 10.5 Å². The van der Waals surface area contributed by atoms with Gasteiger partial charge in [-0.1, -0.05) is 0 Å². The number of urea groups is 1. The maximum Gasteiger partial charge on any atom is 0.332 e. The van der Waals surface area contributed by atoms with Gasteiger partial charge in [-0.15, -0.1) is 0 Å². The highest BCUT2D eigenvalue weighted by Gasteiger charge is 2.28. The number of nitriles is 2. The summed E-state index contributed by atoms with van der Waals surface area (Å²) in [5, 5.41) is 25.2. The van der Waals surface area contributed by atoms with Crippen LogP contribution in [0.3, 0.4) is 0 Å². The smallest absolute Gasteiger partial charge is 0.332 e. The third kappa shape index (κ3) is 7.80. The predicted octanol–water partition coefficient (Wildman–Crippen LogP) is 1.46. The van der Waals surface area contributed by atoms with Crippen molar-refractivity contribution in [1.82, 2.24) is 28.9 Å². The van der Waals surface area contributed by atoms with Crippen molar-refractivity contribution in [2.24, 2.45) is 14.1 Å². The Morgan fingerprint density at radius 2 is 1.11 bits per heavy atom. The molecule has 2 aromatic heterocycles.